The number of anilines is 1. The van der Waals surface area contributed by atoms with E-state index < -0.39 is 12.1 Å². The van der Waals surface area contributed by atoms with Gasteiger partial charge in [-0.25, -0.2) is 0 Å². The van der Waals surface area contributed by atoms with Gasteiger partial charge in [-0.15, -0.1) is 0 Å². The average Bonchev–Trinajstić information content (AvgIpc) is 2.92. The molecule has 0 saturated heterocycles. The number of carbonyl (C=O) groups excluding carboxylic acids is 2. The Morgan fingerprint density at radius 1 is 1.48 bits per heavy atom. The number of hydrogen-bond donors (Lipinski definition) is 2. The minimum absolute atomic E-state index is 0.136. The normalized spacial score (nSPS) is 17.6. The Balaban J connectivity index is 2.27. The molecule has 6 nitrogen and oxygen atoms in total. The lowest BCUT2D eigenvalue weighted by atomic mass is 10.1. The smallest absolute Gasteiger partial charge is 0.244 e. The van der Waals surface area contributed by atoms with Crippen LogP contribution in [0.15, 0.2) is 18.2 Å². The van der Waals surface area contributed by atoms with Crippen molar-refractivity contribution in [1.82, 2.24) is 5.32 Å². The van der Waals surface area contributed by atoms with Crippen LogP contribution in [0.3, 0.4) is 0 Å². The van der Waals surface area contributed by atoms with E-state index in [4.69, 9.17) is 10.5 Å². The van der Waals surface area contributed by atoms with Crippen LogP contribution < -0.4 is 20.7 Å². The molecule has 0 unspecified atom stereocenters. The Morgan fingerprint density at radius 2 is 2.22 bits per heavy atom. The van der Waals surface area contributed by atoms with Crippen LogP contribution in [-0.4, -0.2) is 37.6 Å². The van der Waals surface area contributed by atoms with Crippen LogP contribution in [0, 0.1) is 0 Å². The van der Waals surface area contributed by atoms with Gasteiger partial charge < -0.3 is 15.8 Å². The van der Waals surface area contributed by atoms with Crippen molar-refractivity contribution in [2.45, 2.75) is 45.2 Å². The summed E-state index contributed by atoms with van der Waals surface area (Å²) in [6.45, 7) is 4.32. The number of carbonyl (C=O) groups is 2. The summed E-state index contributed by atoms with van der Waals surface area (Å²) in [6, 6.07) is 4.27. The first-order valence-electron chi connectivity index (χ1n) is 8.02. The molecule has 0 spiro atoms. The molecule has 1 aromatic carbocycles. The maximum absolute atomic E-state index is 12.5. The third-order valence-electron chi connectivity index (χ3n) is 4.03. The highest BCUT2D eigenvalue weighted by Gasteiger charge is 2.39. The minimum atomic E-state index is -0.658. The van der Waals surface area contributed by atoms with Crippen molar-refractivity contribution < 1.29 is 14.3 Å². The van der Waals surface area contributed by atoms with Crippen molar-refractivity contribution in [1.29, 1.82) is 0 Å². The first kappa shape index (κ1) is 17.3. The number of methoxy groups -OCH3 is 1. The number of amides is 2. The maximum atomic E-state index is 12.5. The van der Waals surface area contributed by atoms with Crippen molar-refractivity contribution in [3.63, 3.8) is 0 Å². The Hall–Kier alpha value is -2.08. The van der Waals surface area contributed by atoms with Crippen LogP contribution in [0.1, 0.15) is 32.3 Å². The van der Waals surface area contributed by atoms with Gasteiger partial charge in [0.25, 0.3) is 0 Å². The molecular formula is C17H25N3O3. The van der Waals surface area contributed by atoms with E-state index in [-0.39, 0.29) is 11.8 Å². The molecule has 1 aromatic rings. The lowest BCUT2D eigenvalue weighted by Gasteiger charge is -2.26. The van der Waals surface area contributed by atoms with E-state index in [1.54, 1.807) is 20.1 Å². The van der Waals surface area contributed by atoms with Crippen molar-refractivity contribution in [2.75, 3.05) is 18.6 Å². The van der Waals surface area contributed by atoms with E-state index in [0.29, 0.717) is 18.7 Å². The molecule has 0 aromatic heterocycles. The molecule has 6 heteroatoms. The second kappa shape index (κ2) is 7.46. The molecular weight excluding hydrogens is 294 g/mol. The van der Waals surface area contributed by atoms with Gasteiger partial charge in [0.05, 0.1) is 13.2 Å². The molecule has 0 aliphatic carbocycles. The zero-order valence-electron chi connectivity index (χ0n) is 14.0. The van der Waals surface area contributed by atoms with Crippen molar-refractivity contribution in [2.24, 2.45) is 5.73 Å². The second-order valence-corrected chi connectivity index (χ2v) is 5.86. The Bertz CT molecular complexity index is 586. The largest absolute Gasteiger partial charge is 0.497 e. The van der Waals surface area contributed by atoms with E-state index in [2.05, 4.69) is 12.2 Å². The van der Waals surface area contributed by atoms with E-state index in [1.807, 2.05) is 12.1 Å². The van der Waals surface area contributed by atoms with Gasteiger partial charge in [0.1, 0.15) is 11.8 Å². The number of nitrogens with zero attached hydrogens (tertiary/aromatic N) is 1. The lowest BCUT2D eigenvalue weighted by molar-refractivity contribution is -0.126. The van der Waals surface area contributed by atoms with Crippen LogP contribution >= 0.6 is 0 Å². The van der Waals surface area contributed by atoms with Crippen LogP contribution in [-0.2, 0) is 16.0 Å². The summed E-state index contributed by atoms with van der Waals surface area (Å²) < 4.78 is 5.23. The highest BCUT2D eigenvalue weighted by molar-refractivity contribution is 6.05. The van der Waals surface area contributed by atoms with Gasteiger partial charge in [-0.3, -0.25) is 14.5 Å². The van der Waals surface area contributed by atoms with Gasteiger partial charge in [-0.05, 0) is 37.1 Å². The number of hydrogen-bond acceptors (Lipinski definition) is 4. The fraction of sp³-hybridized carbons (Fsp3) is 0.529. The van der Waals surface area contributed by atoms with Gasteiger partial charge >= 0.3 is 0 Å². The molecule has 126 valence electrons. The third-order valence-corrected chi connectivity index (χ3v) is 4.03. The molecule has 23 heavy (non-hydrogen) atoms. The summed E-state index contributed by atoms with van der Waals surface area (Å²) in [7, 11) is 1.59. The van der Waals surface area contributed by atoms with E-state index in [0.717, 1.165) is 24.1 Å². The van der Waals surface area contributed by atoms with E-state index in [9.17, 15) is 9.59 Å². The average molecular weight is 319 g/mol. The van der Waals surface area contributed by atoms with Crippen LogP contribution in [0.4, 0.5) is 5.69 Å². The molecule has 2 atom stereocenters. The summed E-state index contributed by atoms with van der Waals surface area (Å²) in [4.78, 5) is 26.5. The topological polar surface area (TPSA) is 84.7 Å². The van der Waals surface area contributed by atoms with E-state index >= 15 is 0 Å². The lowest BCUT2D eigenvalue weighted by Crippen LogP contribution is -2.52. The quantitative estimate of drug-likeness (QED) is 0.772. The number of nitrogens with one attached hydrogen (secondary N) is 1. The predicted molar refractivity (Wildman–Crippen MR) is 89.5 cm³/mol. The van der Waals surface area contributed by atoms with Gasteiger partial charge in [0, 0.05) is 18.7 Å². The van der Waals surface area contributed by atoms with Crippen molar-refractivity contribution in [3.05, 3.63) is 23.8 Å². The van der Waals surface area contributed by atoms with E-state index in [1.165, 1.54) is 4.90 Å². The fourth-order valence-corrected chi connectivity index (χ4v) is 2.76. The highest BCUT2D eigenvalue weighted by Crippen LogP contribution is 2.35. The van der Waals surface area contributed by atoms with Crippen molar-refractivity contribution >= 4 is 17.5 Å². The SMILES string of the molecule is CCCCNC(=O)[C@H]1Cc2cc(OC)ccc2N1C(=O)[C@H](C)N. The minimum Gasteiger partial charge on any atom is -0.497 e. The number of fused-ring (bicyclic) bond motifs is 1. The summed E-state index contributed by atoms with van der Waals surface area (Å²) in [6.07, 6.45) is 2.40. The molecule has 0 fully saturated rings. The standard InChI is InChI=1S/C17H25N3O3/c1-4-5-8-19-16(21)15-10-12-9-13(23-3)6-7-14(12)20(15)17(22)11(2)18/h6-7,9,11,15H,4-5,8,10,18H2,1-3H3,(H,19,21)/t11-,15+/m0/s1. The fourth-order valence-electron chi connectivity index (χ4n) is 2.76. The summed E-state index contributed by atoms with van der Waals surface area (Å²) in [5.41, 5.74) is 7.43. The number of ether oxygens (including phenoxy) is 1. The molecule has 2 rings (SSSR count). The number of nitrogens with two attached hydrogens (primary N) is 1. The summed E-state index contributed by atoms with van der Waals surface area (Å²) in [5.74, 6) is 0.330. The Morgan fingerprint density at radius 3 is 2.83 bits per heavy atom. The molecule has 1 aliphatic heterocycles. The summed E-state index contributed by atoms with van der Waals surface area (Å²) >= 11 is 0. The first-order chi connectivity index (χ1) is 11.0. The van der Waals surface area contributed by atoms with Crippen molar-refractivity contribution in [3.8, 4) is 5.75 Å². The van der Waals surface area contributed by atoms with Gasteiger partial charge in [0.15, 0.2) is 0 Å². The van der Waals surface area contributed by atoms with Gasteiger partial charge in [-0.2, -0.15) is 0 Å². The van der Waals surface area contributed by atoms with Gasteiger partial charge in [0.2, 0.25) is 11.8 Å². The Kier molecular flexibility index (Phi) is 5.60. The number of unbranched alkanes of at least 4 members (excludes halogenated alkanes) is 1. The zero-order chi connectivity index (χ0) is 17.0. The molecule has 1 aliphatic rings. The maximum Gasteiger partial charge on any atom is 0.244 e. The molecule has 3 N–H and O–H groups in total. The monoisotopic (exact) mass is 319 g/mol. The molecule has 0 saturated carbocycles. The molecule has 2 amide bonds. The predicted octanol–water partition coefficient (Wildman–Crippen LogP) is 1.22. The third kappa shape index (κ3) is 3.64. The number of rotatable bonds is 6. The molecule has 1 heterocycles. The van der Waals surface area contributed by atoms with Crippen LogP contribution in [0.25, 0.3) is 0 Å². The number of benzene rings is 1. The van der Waals surface area contributed by atoms with Crippen LogP contribution in [0.2, 0.25) is 0 Å². The molecule has 0 bridgehead atoms. The highest BCUT2D eigenvalue weighted by atomic mass is 16.5. The first-order valence-corrected chi connectivity index (χ1v) is 8.02. The summed E-state index contributed by atoms with van der Waals surface area (Å²) in [5, 5.41) is 2.91. The van der Waals surface area contributed by atoms with Gasteiger partial charge in [-0.1, -0.05) is 13.3 Å². The second-order valence-electron chi connectivity index (χ2n) is 5.86. The Labute approximate surface area is 137 Å². The zero-order valence-corrected chi connectivity index (χ0v) is 14.0. The van der Waals surface area contributed by atoms with Crippen LogP contribution in [0.5, 0.6) is 5.75 Å². The molecule has 0 radical (unpaired) electrons.